The predicted octanol–water partition coefficient (Wildman–Crippen LogP) is 3.31. The van der Waals surface area contributed by atoms with E-state index in [1.54, 1.807) is 13.0 Å². The second kappa shape index (κ2) is 9.29. The van der Waals surface area contributed by atoms with Gasteiger partial charge in [0.2, 0.25) is 5.95 Å². The van der Waals surface area contributed by atoms with E-state index in [-0.39, 0.29) is 17.9 Å². The number of nitrogens with one attached hydrogen (secondary N) is 1. The van der Waals surface area contributed by atoms with Gasteiger partial charge in [0.15, 0.2) is 11.8 Å². The summed E-state index contributed by atoms with van der Waals surface area (Å²) in [6.45, 7) is 0.388. The fraction of sp³-hybridized carbons (Fsp3) is 0.217. The normalized spacial score (nSPS) is 12.6. The Balaban J connectivity index is 1.60. The third kappa shape index (κ3) is 4.78. The lowest BCUT2D eigenvalue weighted by atomic mass is 9.96. The number of aromatic nitrogens is 4. The molecule has 3 aromatic heterocycles. The molecule has 0 aliphatic heterocycles. The van der Waals surface area contributed by atoms with Crippen LogP contribution >= 0.6 is 0 Å². The van der Waals surface area contributed by atoms with Crippen molar-refractivity contribution in [2.45, 2.75) is 25.4 Å². The van der Waals surface area contributed by atoms with E-state index < -0.39 is 47.4 Å². The number of fused-ring (bicyclic) bond motifs is 1. The van der Waals surface area contributed by atoms with E-state index in [4.69, 9.17) is 5.73 Å². The Morgan fingerprint density at radius 2 is 2.00 bits per heavy atom. The van der Waals surface area contributed by atoms with Crippen molar-refractivity contribution in [1.82, 2.24) is 24.9 Å². The summed E-state index contributed by atoms with van der Waals surface area (Å²) in [4.78, 5) is 20.3. The SMILES string of the molecule is CCc1ccc(-c2ccn3nc(N)nc3c2)c(F)c1C(=O)NCC(F)(F)C(O)c1ccc(F)cn1. The average Bonchev–Trinajstić information content (AvgIpc) is 3.21. The Kier molecular flexibility index (Phi) is 6.39. The maximum atomic E-state index is 15.5. The summed E-state index contributed by atoms with van der Waals surface area (Å²) in [5.41, 5.74) is 5.80. The molecule has 4 rings (SSSR count). The summed E-state index contributed by atoms with van der Waals surface area (Å²) >= 11 is 0. The summed E-state index contributed by atoms with van der Waals surface area (Å²) in [6.07, 6.45) is 0.0600. The average molecular weight is 488 g/mol. The zero-order valence-corrected chi connectivity index (χ0v) is 18.3. The van der Waals surface area contributed by atoms with Crippen LogP contribution in [0.15, 0.2) is 48.8 Å². The molecule has 0 aliphatic carbocycles. The molecule has 0 fully saturated rings. The van der Waals surface area contributed by atoms with E-state index in [1.807, 2.05) is 5.32 Å². The molecule has 0 radical (unpaired) electrons. The van der Waals surface area contributed by atoms with E-state index in [0.717, 1.165) is 12.1 Å². The van der Waals surface area contributed by atoms with E-state index in [2.05, 4.69) is 15.1 Å². The van der Waals surface area contributed by atoms with Crippen LogP contribution in [0.1, 0.15) is 34.6 Å². The first-order chi connectivity index (χ1) is 16.6. The largest absolute Gasteiger partial charge is 0.380 e. The number of alkyl halides is 2. The van der Waals surface area contributed by atoms with Crippen LogP contribution in [0.3, 0.4) is 0 Å². The molecule has 0 bridgehead atoms. The van der Waals surface area contributed by atoms with Crippen LogP contribution in [0.5, 0.6) is 0 Å². The number of nitrogen functional groups attached to an aromatic ring is 1. The highest BCUT2D eigenvalue weighted by Gasteiger charge is 2.41. The van der Waals surface area contributed by atoms with Crippen molar-refractivity contribution in [3.05, 3.63) is 77.2 Å². The molecule has 1 amide bonds. The highest BCUT2D eigenvalue weighted by molar-refractivity contribution is 5.97. The molecule has 0 aliphatic rings. The molecule has 1 unspecified atom stereocenters. The van der Waals surface area contributed by atoms with E-state index in [1.165, 1.54) is 28.9 Å². The van der Waals surface area contributed by atoms with Crippen LogP contribution in [0.25, 0.3) is 16.8 Å². The number of pyridine rings is 2. The lowest BCUT2D eigenvalue weighted by Crippen LogP contribution is -2.41. The van der Waals surface area contributed by atoms with Gasteiger partial charge in [0.1, 0.15) is 11.6 Å². The van der Waals surface area contributed by atoms with Gasteiger partial charge in [-0.1, -0.05) is 19.1 Å². The van der Waals surface area contributed by atoms with E-state index >= 15 is 4.39 Å². The number of carbonyl (C=O) groups is 1. The van der Waals surface area contributed by atoms with Crippen LogP contribution in [-0.4, -0.2) is 43.1 Å². The number of aliphatic hydroxyl groups is 1. The van der Waals surface area contributed by atoms with Crippen molar-refractivity contribution in [2.24, 2.45) is 0 Å². The van der Waals surface area contributed by atoms with Crippen LogP contribution in [0.4, 0.5) is 23.5 Å². The lowest BCUT2D eigenvalue weighted by molar-refractivity contribution is -0.108. The molecule has 3 heterocycles. The smallest absolute Gasteiger partial charge is 0.295 e. The Labute approximate surface area is 196 Å². The monoisotopic (exact) mass is 488 g/mol. The maximum absolute atomic E-state index is 15.5. The Bertz CT molecular complexity index is 1390. The number of carbonyl (C=O) groups excluding carboxylic acids is 1. The number of aryl methyl sites for hydroxylation is 1. The summed E-state index contributed by atoms with van der Waals surface area (Å²) < 4.78 is 59.0. The number of rotatable bonds is 7. The van der Waals surface area contributed by atoms with Crippen molar-refractivity contribution < 1.29 is 27.5 Å². The van der Waals surface area contributed by atoms with Gasteiger partial charge in [0.25, 0.3) is 11.8 Å². The molecule has 35 heavy (non-hydrogen) atoms. The fourth-order valence-electron chi connectivity index (χ4n) is 3.59. The van der Waals surface area contributed by atoms with Gasteiger partial charge in [-0.15, -0.1) is 5.10 Å². The number of nitrogens with zero attached hydrogens (tertiary/aromatic N) is 4. The molecular formula is C23H20F4N6O2. The minimum Gasteiger partial charge on any atom is -0.380 e. The zero-order valence-electron chi connectivity index (χ0n) is 18.3. The Morgan fingerprint density at radius 3 is 2.69 bits per heavy atom. The van der Waals surface area contributed by atoms with Gasteiger partial charge < -0.3 is 16.2 Å². The molecule has 0 saturated heterocycles. The minimum atomic E-state index is -3.86. The third-order valence-electron chi connectivity index (χ3n) is 5.42. The maximum Gasteiger partial charge on any atom is 0.295 e. The molecule has 1 aromatic carbocycles. The highest BCUT2D eigenvalue weighted by Crippen LogP contribution is 2.31. The van der Waals surface area contributed by atoms with Crippen molar-refractivity contribution in [1.29, 1.82) is 0 Å². The van der Waals surface area contributed by atoms with Gasteiger partial charge in [0, 0.05) is 11.8 Å². The van der Waals surface area contributed by atoms with Crippen molar-refractivity contribution in [3.8, 4) is 11.1 Å². The molecule has 1 atom stereocenters. The second-order valence-corrected chi connectivity index (χ2v) is 7.75. The van der Waals surface area contributed by atoms with Gasteiger partial charge >= 0.3 is 0 Å². The van der Waals surface area contributed by atoms with Crippen LogP contribution < -0.4 is 11.1 Å². The Hall–Kier alpha value is -4.06. The number of aliphatic hydroxyl groups excluding tert-OH is 1. The number of halogens is 4. The number of anilines is 1. The van der Waals surface area contributed by atoms with E-state index in [9.17, 15) is 23.1 Å². The first-order valence-corrected chi connectivity index (χ1v) is 10.5. The zero-order chi connectivity index (χ0) is 25.3. The van der Waals surface area contributed by atoms with Gasteiger partial charge in [-0.05, 0) is 41.8 Å². The topological polar surface area (TPSA) is 118 Å². The molecule has 0 spiro atoms. The Morgan fingerprint density at radius 1 is 1.23 bits per heavy atom. The van der Waals surface area contributed by atoms with Crippen molar-refractivity contribution >= 4 is 17.5 Å². The van der Waals surface area contributed by atoms with Crippen LogP contribution in [-0.2, 0) is 6.42 Å². The van der Waals surface area contributed by atoms with Crippen molar-refractivity contribution in [2.75, 3.05) is 12.3 Å². The number of hydrogen-bond donors (Lipinski definition) is 3. The summed E-state index contributed by atoms with van der Waals surface area (Å²) in [5.74, 6) is -6.56. The number of hydrogen-bond acceptors (Lipinski definition) is 6. The summed E-state index contributed by atoms with van der Waals surface area (Å²) in [7, 11) is 0. The predicted molar refractivity (Wildman–Crippen MR) is 119 cm³/mol. The quantitative estimate of drug-likeness (QED) is 0.344. The summed E-state index contributed by atoms with van der Waals surface area (Å²) in [5, 5.41) is 15.9. The second-order valence-electron chi connectivity index (χ2n) is 7.75. The lowest BCUT2D eigenvalue weighted by Gasteiger charge is -2.23. The van der Waals surface area contributed by atoms with Gasteiger partial charge in [-0.3, -0.25) is 9.78 Å². The number of amides is 1. The first-order valence-electron chi connectivity index (χ1n) is 10.5. The van der Waals surface area contributed by atoms with Gasteiger partial charge in [0.05, 0.1) is 24.0 Å². The fourth-order valence-corrected chi connectivity index (χ4v) is 3.59. The van der Waals surface area contributed by atoms with Crippen molar-refractivity contribution in [3.63, 3.8) is 0 Å². The first kappa shape index (κ1) is 24.1. The molecule has 4 N–H and O–H groups in total. The number of benzene rings is 1. The molecule has 182 valence electrons. The van der Waals surface area contributed by atoms with Gasteiger partial charge in [-0.2, -0.15) is 4.98 Å². The summed E-state index contributed by atoms with van der Waals surface area (Å²) in [6, 6.07) is 7.87. The van der Waals surface area contributed by atoms with Gasteiger partial charge in [-0.25, -0.2) is 22.1 Å². The third-order valence-corrected chi connectivity index (χ3v) is 5.42. The standard InChI is InChI=1S/C23H20F4N6O2/c1-2-12-3-5-15(13-7-8-33-17(9-13)31-22(28)32-33)19(25)18(12)21(35)30-11-23(26,27)20(34)16-6-4-14(24)10-29-16/h3-10,20,34H,2,11H2,1H3,(H2,28,32)(H,30,35). The molecule has 0 saturated carbocycles. The highest BCUT2D eigenvalue weighted by atomic mass is 19.3. The van der Waals surface area contributed by atoms with Crippen LogP contribution in [0, 0.1) is 11.6 Å². The number of nitrogens with two attached hydrogens (primary N) is 1. The molecule has 4 aromatic rings. The minimum absolute atomic E-state index is 0.0305. The molecule has 8 nitrogen and oxygen atoms in total. The molecular weight excluding hydrogens is 468 g/mol. The van der Waals surface area contributed by atoms with Crippen LogP contribution in [0.2, 0.25) is 0 Å². The molecule has 12 heteroatoms. The van der Waals surface area contributed by atoms with E-state index in [0.29, 0.717) is 23.0 Å².